The van der Waals surface area contributed by atoms with Crippen molar-refractivity contribution in [3.8, 4) is 0 Å². The first kappa shape index (κ1) is 21.1. The van der Waals surface area contributed by atoms with E-state index in [1.54, 1.807) is 0 Å². The molecule has 0 bridgehead atoms. The number of hydrogen-bond acceptors (Lipinski definition) is 2. The van der Waals surface area contributed by atoms with Crippen molar-refractivity contribution in [2.45, 2.75) is 69.7 Å². The van der Waals surface area contributed by atoms with E-state index in [4.69, 9.17) is 4.74 Å². The van der Waals surface area contributed by atoms with Crippen LogP contribution in [0, 0.1) is 5.92 Å². The van der Waals surface area contributed by atoms with Crippen LogP contribution in [0.4, 0.5) is 0 Å². The van der Waals surface area contributed by atoms with E-state index < -0.39 is 0 Å². The number of benzene rings is 2. The van der Waals surface area contributed by atoms with Gasteiger partial charge < -0.3 is 0 Å². The van der Waals surface area contributed by atoms with Gasteiger partial charge in [0, 0.05) is 0 Å². The van der Waals surface area contributed by atoms with Crippen LogP contribution in [0.1, 0.15) is 63.5 Å². The van der Waals surface area contributed by atoms with Crippen LogP contribution >= 0.6 is 0 Å². The van der Waals surface area contributed by atoms with Crippen molar-refractivity contribution in [2.24, 2.45) is 5.92 Å². The Labute approximate surface area is 176 Å². The van der Waals surface area contributed by atoms with Crippen molar-refractivity contribution in [1.82, 2.24) is 0 Å². The van der Waals surface area contributed by atoms with Crippen molar-refractivity contribution in [1.29, 1.82) is 0 Å². The average molecular weight is 443 g/mol. The van der Waals surface area contributed by atoms with E-state index >= 15 is 0 Å². The van der Waals surface area contributed by atoms with Crippen LogP contribution in [-0.4, -0.2) is 27.0 Å². The van der Waals surface area contributed by atoms with Crippen LogP contribution in [0.3, 0.4) is 0 Å². The fourth-order valence-corrected chi connectivity index (χ4v) is 6.52. The minimum absolute atomic E-state index is 0.0719. The molecule has 28 heavy (non-hydrogen) atoms. The molecule has 0 saturated heterocycles. The van der Waals surface area contributed by atoms with Gasteiger partial charge in [0.15, 0.2) is 0 Å². The van der Waals surface area contributed by atoms with Crippen LogP contribution in [-0.2, 0) is 16.0 Å². The molecule has 3 unspecified atom stereocenters. The standard InChI is InChI=1S/C25H32O2Se/c1-18(2)17-20-13-15-21(16-14-20)19(3)25(26)27-23-11-7-8-12-24(23)28-22-9-5-4-6-10-22/h4-6,9-10,13-16,18-19,23-24H,7-8,11-12,17H2,1-3H3. The molecule has 0 radical (unpaired) electrons. The second-order valence-electron chi connectivity index (χ2n) is 8.29. The predicted molar refractivity (Wildman–Crippen MR) is 117 cm³/mol. The summed E-state index contributed by atoms with van der Waals surface area (Å²) in [5.74, 6) is 0.361. The number of esters is 1. The van der Waals surface area contributed by atoms with Gasteiger partial charge in [-0.15, -0.1) is 0 Å². The van der Waals surface area contributed by atoms with Gasteiger partial charge in [0.2, 0.25) is 0 Å². The van der Waals surface area contributed by atoms with Crippen molar-refractivity contribution < 1.29 is 9.53 Å². The summed E-state index contributed by atoms with van der Waals surface area (Å²) in [5.41, 5.74) is 2.38. The van der Waals surface area contributed by atoms with Gasteiger partial charge in [0.05, 0.1) is 0 Å². The Morgan fingerprint density at radius 1 is 1.00 bits per heavy atom. The van der Waals surface area contributed by atoms with E-state index in [9.17, 15) is 4.79 Å². The van der Waals surface area contributed by atoms with Gasteiger partial charge in [-0.3, -0.25) is 0 Å². The normalized spacial score (nSPS) is 20.7. The van der Waals surface area contributed by atoms with Crippen LogP contribution in [0.5, 0.6) is 0 Å². The molecule has 150 valence electrons. The summed E-state index contributed by atoms with van der Waals surface area (Å²) in [7, 11) is 0. The first-order valence-electron chi connectivity index (χ1n) is 10.5. The number of rotatable bonds is 7. The first-order valence-corrected chi connectivity index (χ1v) is 12.4. The van der Waals surface area contributed by atoms with Crippen LogP contribution in [0.2, 0.25) is 4.82 Å². The molecule has 1 fully saturated rings. The Morgan fingerprint density at radius 3 is 2.36 bits per heavy atom. The van der Waals surface area contributed by atoms with Crippen molar-refractivity contribution in [2.75, 3.05) is 0 Å². The van der Waals surface area contributed by atoms with Gasteiger partial charge in [0.25, 0.3) is 0 Å². The first-order chi connectivity index (χ1) is 13.5. The molecule has 0 spiro atoms. The van der Waals surface area contributed by atoms with E-state index in [0.29, 0.717) is 25.7 Å². The SMILES string of the molecule is CC(C)Cc1ccc(C(C)C(=O)OC2CCCCC2[Se]c2ccccc2)cc1. The quantitative estimate of drug-likeness (QED) is 0.429. The average Bonchev–Trinajstić information content (AvgIpc) is 2.70. The third-order valence-corrected chi connectivity index (χ3v) is 8.33. The summed E-state index contributed by atoms with van der Waals surface area (Å²) in [6.45, 7) is 6.43. The van der Waals surface area contributed by atoms with Crippen LogP contribution in [0.25, 0.3) is 0 Å². The topological polar surface area (TPSA) is 26.3 Å². The van der Waals surface area contributed by atoms with Gasteiger partial charge >= 0.3 is 176 Å². The van der Waals surface area contributed by atoms with Crippen molar-refractivity contribution in [3.05, 3.63) is 65.7 Å². The summed E-state index contributed by atoms with van der Waals surface area (Å²) in [5, 5.41) is 0. The molecule has 0 amide bonds. The van der Waals surface area contributed by atoms with Gasteiger partial charge in [-0.1, -0.05) is 0 Å². The molecule has 0 heterocycles. The zero-order valence-corrected chi connectivity index (χ0v) is 19.0. The van der Waals surface area contributed by atoms with E-state index in [1.807, 2.05) is 6.92 Å². The molecule has 3 atom stereocenters. The Kier molecular flexibility index (Phi) is 7.76. The number of carbonyl (C=O) groups is 1. The summed E-state index contributed by atoms with van der Waals surface area (Å²) in [6, 6.07) is 19.2. The molecule has 0 aliphatic heterocycles. The fourth-order valence-electron chi connectivity index (χ4n) is 3.81. The molecular formula is C25H32O2Se. The number of carbonyl (C=O) groups excluding carboxylic acids is 1. The Balaban J connectivity index is 1.61. The van der Waals surface area contributed by atoms with Crippen molar-refractivity contribution >= 4 is 25.4 Å². The van der Waals surface area contributed by atoms with Gasteiger partial charge in [-0.25, -0.2) is 0 Å². The zero-order valence-electron chi connectivity index (χ0n) is 17.3. The molecule has 2 nitrogen and oxygen atoms in total. The molecule has 1 saturated carbocycles. The maximum atomic E-state index is 12.9. The van der Waals surface area contributed by atoms with E-state index in [-0.39, 0.29) is 18.0 Å². The molecule has 1 aliphatic carbocycles. The molecule has 2 aromatic carbocycles. The van der Waals surface area contributed by atoms with Crippen LogP contribution < -0.4 is 4.46 Å². The Hall–Kier alpha value is -1.57. The van der Waals surface area contributed by atoms with Crippen LogP contribution in [0.15, 0.2) is 54.6 Å². The van der Waals surface area contributed by atoms with E-state index in [2.05, 4.69) is 68.4 Å². The third-order valence-electron chi connectivity index (χ3n) is 5.42. The number of hydrogen-bond donors (Lipinski definition) is 0. The second kappa shape index (κ2) is 10.3. The fraction of sp³-hybridized carbons (Fsp3) is 0.480. The third kappa shape index (κ3) is 5.96. The molecule has 0 N–H and O–H groups in total. The molecule has 1 aliphatic rings. The minimum atomic E-state index is -0.208. The maximum absolute atomic E-state index is 12.9. The summed E-state index contributed by atoms with van der Waals surface area (Å²) in [4.78, 5) is 13.4. The summed E-state index contributed by atoms with van der Waals surface area (Å²) < 4.78 is 7.46. The molecule has 3 heteroatoms. The Bertz CT molecular complexity index is 739. The van der Waals surface area contributed by atoms with Gasteiger partial charge in [-0.05, 0) is 0 Å². The number of ether oxygens (including phenoxy) is 1. The van der Waals surface area contributed by atoms with Gasteiger partial charge in [-0.2, -0.15) is 0 Å². The molecule has 3 rings (SSSR count). The van der Waals surface area contributed by atoms with E-state index in [0.717, 1.165) is 24.8 Å². The van der Waals surface area contributed by atoms with E-state index in [1.165, 1.54) is 22.9 Å². The van der Waals surface area contributed by atoms with Crippen molar-refractivity contribution in [3.63, 3.8) is 0 Å². The second-order valence-corrected chi connectivity index (χ2v) is 11.0. The summed E-state index contributed by atoms with van der Waals surface area (Å²) in [6.07, 6.45) is 5.74. The monoisotopic (exact) mass is 444 g/mol. The molecule has 2 aromatic rings. The molecule has 0 aromatic heterocycles. The molecular weight excluding hydrogens is 411 g/mol. The predicted octanol–water partition coefficient (Wildman–Crippen LogP) is 5.29. The zero-order chi connectivity index (χ0) is 19.9. The van der Waals surface area contributed by atoms with Gasteiger partial charge in [0.1, 0.15) is 0 Å². The Morgan fingerprint density at radius 2 is 1.68 bits per heavy atom. The summed E-state index contributed by atoms with van der Waals surface area (Å²) >= 11 is 0.356.